The molecule has 1 aliphatic heterocycles. The molecule has 1 fully saturated rings. The van der Waals surface area contributed by atoms with Gasteiger partial charge in [-0.25, -0.2) is 0 Å². The van der Waals surface area contributed by atoms with Gasteiger partial charge < -0.3 is 4.90 Å². The average Bonchev–Trinajstić information content (AvgIpc) is 2.44. The maximum absolute atomic E-state index is 12.6. The third-order valence-corrected chi connectivity index (χ3v) is 4.35. The Bertz CT molecular complexity index is 496. The number of nitrogens with zero attached hydrogens (tertiary/aromatic N) is 1. The van der Waals surface area contributed by atoms with Gasteiger partial charge in [0.2, 0.25) is 0 Å². The second kappa shape index (κ2) is 6.92. The SMILES string of the molecule is O=C(CCN1CCC(C(F)(F)F)CC1)c1cccc(Br)c1. The minimum atomic E-state index is -4.09. The molecule has 1 aliphatic rings. The Hall–Kier alpha value is -0.880. The highest BCUT2D eigenvalue weighted by Crippen LogP contribution is 2.34. The number of hydrogen-bond acceptors (Lipinski definition) is 2. The van der Waals surface area contributed by atoms with E-state index in [1.54, 1.807) is 18.2 Å². The van der Waals surface area contributed by atoms with Crippen molar-refractivity contribution in [3.8, 4) is 0 Å². The molecule has 1 aromatic rings. The molecule has 116 valence electrons. The lowest BCUT2D eigenvalue weighted by Crippen LogP contribution is -2.39. The van der Waals surface area contributed by atoms with E-state index in [-0.39, 0.29) is 18.6 Å². The van der Waals surface area contributed by atoms with E-state index in [4.69, 9.17) is 0 Å². The largest absolute Gasteiger partial charge is 0.391 e. The van der Waals surface area contributed by atoms with E-state index in [9.17, 15) is 18.0 Å². The fourth-order valence-electron chi connectivity index (χ4n) is 2.55. The fraction of sp³-hybridized carbons (Fsp3) is 0.533. The predicted octanol–water partition coefficient (Wildman–Crippen LogP) is 4.30. The number of halogens is 4. The van der Waals surface area contributed by atoms with E-state index in [0.717, 1.165) is 4.47 Å². The van der Waals surface area contributed by atoms with E-state index in [2.05, 4.69) is 15.9 Å². The molecule has 2 nitrogen and oxygen atoms in total. The maximum atomic E-state index is 12.6. The summed E-state index contributed by atoms with van der Waals surface area (Å²) in [7, 11) is 0. The van der Waals surface area contributed by atoms with Gasteiger partial charge in [0.15, 0.2) is 5.78 Å². The van der Waals surface area contributed by atoms with Crippen LogP contribution in [0.5, 0.6) is 0 Å². The fourth-order valence-corrected chi connectivity index (χ4v) is 2.95. The van der Waals surface area contributed by atoms with Gasteiger partial charge in [-0.3, -0.25) is 4.79 Å². The minimum absolute atomic E-state index is 0.0224. The highest BCUT2D eigenvalue weighted by molar-refractivity contribution is 9.10. The molecule has 21 heavy (non-hydrogen) atoms. The number of benzene rings is 1. The number of hydrogen-bond donors (Lipinski definition) is 0. The number of ketones is 1. The molecule has 0 amide bonds. The van der Waals surface area contributed by atoms with Crippen molar-refractivity contribution in [1.29, 1.82) is 0 Å². The van der Waals surface area contributed by atoms with Crippen molar-refractivity contribution in [1.82, 2.24) is 4.90 Å². The van der Waals surface area contributed by atoms with Crippen molar-refractivity contribution in [3.05, 3.63) is 34.3 Å². The summed E-state index contributed by atoms with van der Waals surface area (Å²) < 4.78 is 38.5. The molecule has 0 radical (unpaired) electrons. The third kappa shape index (κ3) is 4.81. The number of carbonyl (C=O) groups is 1. The van der Waals surface area contributed by atoms with Crippen LogP contribution in [-0.2, 0) is 0 Å². The van der Waals surface area contributed by atoms with Crippen molar-refractivity contribution >= 4 is 21.7 Å². The molecule has 0 aliphatic carbocycles. The first-order valence-corrected chi connectivity index (χ1v) is 7.73. The molecule has 0 saturated carbocycles. The van der Waals surface area contributed by atoms with Crippen LogP contribution < -0.4 is 0 Å². The minimum Gasteiger partial charge on any atom is -0.303 e. The zero-order valence-corrected chi connectivity index (χ0v) is 13.1. The summed E-state index contributed by atoms with van der Waals surface area (Å²) in [5, 5.41) is 0. The highest BCUT2D eigenvalue weighted by atomic mass is 79.9. The van der Waals surface area contributed by atoms with Gasteiger partial charge in [-0.15, -0.1) is 0 Å². The topological polar surface area (TPSA) is 20.3 Å². The zero-order chi connectivity index (χ0) is 15.5. The van der Waals surface area contributed by atoms with Gasteiger partial charge in [-0.05, 0) is 38.1 Å². The van der Waals surface area contributed by atoms with Gasteiger partial charge >= 0.3 is 6.18 Å². The summed E-state index contributed by atoms with van der Waals surface area (Å²) in [5.41, 5.74) is 0.634. The summed E-state index contributed by atoms with van der Waals surface area (Å²) in [6, 6.07) is 7.16. The molecule has 1 aromatic carbocycles. The number of piperidine rings is 1. The van der Waals surface area contributed by atoms with Crippen molar-refractivity contribution in [2.45, 2.75) is 25.4 Å². The van der Waals surface area contributed by atoms with Crippen LogP contribution in [0.2, 0.25) is 0 Å². The van der Waals surface area contributed by atoms with Crippen molar-refractivity contribution in [2.75, 3.05) is 19.6 Å². The van der Waals surface area contributed by atoms with Gasteiger partial charge in [0.25, 0.3) is 0 Å². The van der Waals surface area contributed by atoms with Crippen LogP contribution in [0.3, 0.4) is 0 Å². The van der Waals surface area contributed by atoms with E-state index in [0.29, 0.717) is 31.6 Å². The Kier molecular flexibility index (Phi) is 5.43. The number of carbonyl (C=O) groups excluding carboxylic acids is 1. The molecule has 2 rings (SSSR count). The summed E-state index contributed by atoms with van der Waals surface area (Å²) in [5.74, 6) is -1.16. The monoisotopic (exact) mass is 363 g/mol. The maximum Gasteiger partial charge on any atom is 0.391 e. The smallest absolute Gasteiger partial charge is 0.303 e. The molecular weight excluding hydrogens is 347 g/mol. The standard InChI is InChI=1S/C15H17BrF3NO/c16-13-3-1-2-11(10-13)14(21)6-9-20-7-4-12(5-8-20)15(17,18)19/h1-3,10,12H,4-9H2. The molecule has 0 bridgehead atoms. The van der Waals surface area contributed by atoms with Crippen LogP contribution in [0.15, 0.2) is 28.7 Å². The second-order valence-electron chi connectivity index (χ2n) is 5.34. The molecule has 0 atom stereocenters. The predicted molar refractivity (Wildman–Crippen MR) is 78.3 cm³/mol. The first-order chi connectivity index (χ1) is 9.86. The molecule has 0 unspecified atom stereocenters. The Morgan fingerprint density at radius 1 is 1.29 bits per heavy atom. The molecule has 1 saturated heterocycles. The lowest BCUT2D eigenvalue weighted by molar-refractivity contribution is -0.185. The Morgan fingerprint density at radius 3 is 2.52 bits per heavy atom. The number of Topliss-reactive ketones (excluding diaryl/α,β-unsaturated/α-hetero) is 1. The lowest BCUT2D eigenvalue weighted by Gasteiger charge is -2.32. The molecule has 1 heterocycles. The van der Waals surface area contributed by atoms with Gasteiger partial charge in [0, 0.05) is 23.0 Å². The van der Waals surface area contributed by atoms with E-state index in [1.165, 1.54) is 0 Å². The highest BCUT2D eigenvalue weighted by Gasteiger charge is 2.40. The van der Waals surface area contributed by atoms with Crippen LogP contribution in [0.25, 0.3) is 0 Å². The first-order valence-electron chi connectivity index (χ1n) is 6.94. The zero-order valence-electron chi connectivity index (χ0n) is 11.5. The van der Waals surface area contributed by atoms with Gasteiger partial charge in [0.1, 0.15) is 0 Å². The van der Waals surface area contributed by atoms with Crippen LogP contribution in [0.1, 0.15) is 29.6 Å². The molecule has 6 heteroatoms. The molecule has 0 N–H and O–H groups in total. The van der Waals surface area contributed by atoms with E-state index in [1.807, 2.05) is 11.0 Å². The van der Waals surface area contributed by atoms with Gasteiger partial charge in [-0.1, -0.05) is 28.1 Å². The van der Waals surface area contributed by atoms with Gasteiger partial charge in [-0.2, -0.15) is 13.2 Å². The van der Waals surface area contributed by atoms with Crippen molar-refractivity contribution < 1.29 is 18.0 Å². The van der Waals surface area contributed by atoms with Crippen molar-refractivity contribution in [3.63, 3.8) is 0 Å². The van der Waals surface area contributed by atoms with Crippen LogP contribution in [-0.4, -0.2) is 36.5 Å². The number of rotatable bonds is 4. The van der Waals surface area contributed by atoms with E-state index >= 15 is 0 Å². The first kappa shape index (κ1) is 16.5. The lowest BCUT2D eigenvalue weighted by atomic mass is 9.96. The summed E-state index contributed by atoms with van der Waals surface area (Å²) in [6.07, 6.45) is -3.48. The Labute approximate surface area is 130 Å². The Morgan fingerprint density at radius 2 is 1.95 bits per heavy atom. The molecule has 0 aromatic heterocycles. The molecular formula is C15H17BrF3NO. The van der Waals surface area contributed by atoms with Gasteiger partial charge in [0.05, 0.1) is 5.92 Å². The third-order valence-electron chi connectivity index (χ3n) is 3.85. The normalized spacial score (nSPS) is 17.9. The second-order valence-corrected chi connectivity index (χ2v) is 6.26. The van der Waals surface area contributed by atoms with E-state index < -0.39 is 12.1 Å². The van der Waals surface area contributed by atoms with Crippen LogP contribution >= 0.6 is 15.9 Å². The summed E-state index contributed by atoms with van der Waals surface area (Å²) in [4.78, 5) is 14.0. The molecule has 0 spiro atoms. The number of alkyl halides is 3. The van der Waals surface area contributed by atoms with Crippen LogP contribution in [0.4, 0.5) is 13.2 Å². The van der Waals surface area contributed by atoms with Crippen LogP contribution in [0, 0.1) is 5.92 Å². The quantitative estimate of drug-likeness (QED) is 0.743. The number of likely N-dealkylation sites (tertiary alicyclic amines) is 1. The van der Waals surface area contributed by atoms with Crippen molar-refractivity contribution in [2.24, 2.45) is 5.92 Å². The summed E-state index contributed by atoms with van der Waals surface area (Å²) >= 11 is 3.31. The summed E-state index contributed by atoms with van der Waals surface area (Å²) in [6.45, 7) is 1.35. The average molecular weight is 364 g/mol. The Balaban J connectivity index is 1.78.